The summed E-state index contributed by atoms with van der Waals surface area (Å²) in [5.41, 5.74) is 3.94. The van der Waals surface area contributed by atoms with Crippen LogP contribution in [0.3, 0.4) is 0 Å². The Bertz CT molecular complexity index is 698. The molecule has 1 fully saturated rings. The Balaban J connectivity index is 1.91. The van der Waals surface area contributed by atoms with Gasteiger partial charge >= 0.3 is 0 Å². The molecule has 128 valence electrons. The number of unbranched alkanes of at least 4 members (excludes halogenated alkanes) is 1. The zero-order chi connectivity index (χ0) is 17.5. The van der Waals surface area contributed by atoms with Crippen molar-refractivity contribution in [1.82, 2.24) is 4.90 Å². The second kappa shape index (κ2) is 8.59. The summed E-state index contributed by atoms with van der Waals surface area (Å²) in [5, 5.41) is 0. The number of benzene rings is 2. The molecule has 0 spiro atoms. The zero-order valence-corrected chi connectivity index (χ0v) is 14.8. The molecule has 2 aromatic rings. The van der Waals surface area contributed by atoms with E-state index in [1.165, 1.54) is 6.42 Å². The average molecular weight is 331 g/mol. The molecule has 25 heavy (non-hydrogen) atoms. The maximum absolute atomic E-state index is 13.0. The molecule has 0 amide bonds. The van der Waals surface area contributed by atoms with E-state index in [2.05, 4.69) is 11.8 Å². The van der Waals surface area contributed by atoms with Crippen LogP contribution in [0.25, 0.3) is 12.2 Å². The van der Waals surface area contributed by atoms with Crippen LogP contribution >= 0.6 is 0 Å². The number of piperidine rings is 1. The van der Waals surface area contributed by atoms with Crippen LogP contribution in [-0.2, 0) is 4.79 Å². The Morgan fingerprint density at radius 2 is 1.32 bits per heavy atom. The number of rotatable bonds is 5. The molecular weight excluding hydrogens is 306 g/mol. The quantitative estimate of drug-likeness (QED) is 0.731. The van der Waals surface area contributed by atoms with Crippen molar-refractivity contribution in [1.29, 1.82) is 0 Å². The predicted octanol–water partition coefficient (Wildman–Crippen LogP) is 4.84. The molecule has 2 nitrogen and oxygen atoms in total. The lowest BCUT2D eigenvalue weighted by Crippen LogP contribution is -2.38. The molecule has 0 bridgehead atoms. The highest BCUT2D eigenvalue weighted by molar-refractivity contribution is 6.14. The van der Waals surface area contributed by atoms with E-state index in [-0.39, 0.29) is 5.78 Å². The molecule has 0 aliphatic carbocycles. The van der Waals surface area contributed by atoms with E-state index in [9.17, 15) is 4.79 Å². The number of carbonyl (C=O) groups is 1. The molecule has 0 atom stereocenters. The van der Waals surface area contributed by atoms with E-state index in [1.807, 2.05) is 72.8 Å². The van der Waals surface area contributed by atoms with E-state index in [4.69, 9.17) is 0 Å². The van der Waals surface area contributed by atoms with E-state index < -0.39 is 0 Å². The van der Waals surface area contributed by atoms with Crippen LogP contribution in [0.4, 0.5) is 0 Å². The Morgan fingerprint density at radius 3 is 1.76 bits per heavy atom. The minimum atomic E-state index is 0.181. The zero-order valence-electron chi connectivity index (χ0n) is 14.8. The predicted molar refractivity (Wildman–Crippen MR) is 105 cm³/mol. The van der Waals surface area contributed by atoms with E-state index in [0.717, 1.165) is 48.3 Å². The fourth-order valence-corrected chi connectivity index (χ4v) is 3.15. The second-order valence-electron chi connectivity index (χ2n) is 6.55. The van der Waals surface area contributed by atoms with E-state index >= 15 is 0 Å². The van der Waals surface area contributed by atoms with Gasteiger partial charge in [0.15, 0.2) is 5.78 Å². The van der Waals surface area contributed by atoms with Crippen molar-refractivity contribution in [2.24, 2.45) is 0 Å². The molecule has 1 aliphatic rings. The van der Waals surface area contributed by atoms with Crippen molar-refractivity contribution in [2.75, 3.05) is 19.6 Å². The fraction of sp³-hybridized carbons (Fsp3) is 0.261. The standard InChI is InChI=1S/C23H25NO/c1-2-3-14-24-17-21(15-19-10-6-4-7-11-19)23(25)22(18-24)16-20-12-8-5-9-13-20/h4-13,15-16H,2-3,14,17-18H2,1H3/b21-15-,22-16+. The Morgan fingerprint density at radius 1 is 0.840 bits per heavy atom. The highest BCUT2D eigenvalue weighted by atomic mass is 16.1. The summed E-state index contributed by atoms with van der Waals surface area (Å²) >= 11 is 0. The van der Waals surface area contributed by atoms with Crippen molar-refractivity contribution in [3.63, 3.8) is 0 Å². The van der Waals surface area contributed by atoms with E-state index in [0.29, 0.717) is 0 Å². The summed E-state index contributed by atoms with van der Waals surface area (Å²) in [6.07, 6.45) is 6.41. The summed E-state index contributed by atoms with van der Waals surface area (Å²) in [6, 6.07) is 20.2. The second-order valence-corrected chi connectivity index (χ2v) is 6.55. The molecule has 3 rings (SSSR count). The summed E-state index contributed by atoms with van der Waals surface area (Å²) in [4.78, 5) is 15.4. The number of likely N-dealkylation sites (tertiary alicyclic amines) is 1. The normalized spacial score (nSPS) is 18.8. The topological polar surface area (TPSA) is 20.3 Å². The molecule has 1 saturated heterocycles. The van der Waals surface area contributed by atoms with Gasteiger partial charge in [-0.3, -0.25) is 9.69 Å². The highest BCUT2D eigenvalue weighted by Crippen LogP contribution is 2.22. The van der Waals surface area contributed by atoms with Crippen LogP contribution in [0.5, 0.6) is 0 Å². The summed E-state index contributed by atoms with van der Waals surface area (Å²) in [7, 11) is 0. The minimum Gasteiger partial charge on any atom is -0.295 e. The van der Waals surface area contributed by atoms with Gasteiger partial charge in [0.05, 0.1) is 0 Å². The number of nitrogens with zero attached hydrogens (tertiary/aromatic N) is 1. The Kier molecular flexibility index (Phi) is 5.97. The number of hydrogen-bond acceptors (Lipinski definition) is 2. The van der Waals surface area contributed by atoms with Gasteiger partial charge in [-0.05, 0) is 36.2 Å². The maximum atomic E-state index is 13.0. The summed E-state index contributed by atoms with van der Waals surface area (Å²) in [5.74, 6) is 0.181. The largest absolute Gasteiger partial charge is 0.295 e. The molecule has 2 aromatic carbocycles. The van der Waals surface area contributed by atoms with Gasteiger partial charge in [0.25, 0.3) is 0 Å². The first kappa shape index (κ1) is 17.4. The van der Waals surface area contributed by atoms with Gasteiger partial charge < -0.3 is 0 Å². The van der Waals surface area contributed by atoms with Crippen LogP contribution < -0.4 is 0 Å². The third kappa shape index (κ3) is 4.77. The lowest BCUT2D eigenvalue weighted by Gasteiger charge is -2.29. The van der Waals surface area contributed by atoms with Gasteiger partial charge in [-0.2, -0.15) is 0 Å². The smallest absolute Gasteiger partial charge is 0.187 e. The van der Waals surface area contributed by atoms with Crippen molar-refractivity contribution >= 4 is 17.9 Å². The van der Waals surface area contributed by atoms with Gasteiger partial charge in [0.2, 0.25) is 0 Å². The molecule has 0 N–H and O–H groups in total. The Labute approximate surface area is 150 Å². The summed E-state index contributed by atoms with van der Waals surface area (Å²) in [6.45, 7) is 4.71. The van der Waals surface area contributed by atoms with Crippen LogP contribution in [0.2, 0.25) is 0 Å². The van der Waals surface area contributed by atoms with Crippen LogP contribution in [-0.4, -0.2) is 30.3 Å². The van der Waals surface area contributed by atoms with Crippen molar-refractivity contribution in [3.8, 4) is 0 Å². The van der Waals surface area contributed by atoms with Gasteiger partial charge in [0.1, 0.15) is 0 Å². The van der Waals surface area contributed by atoms with Crippen molar-refractivity contribution < 1.29 is 4.79 Å². The fourth-order valence-electron chi connectivity index (χ4n) is 3.15. The number of carbonyl (C=O) groups excluding carboxylic acids is 1. The first-order chi connectivity index (χ1) is 12.3. The number of hydrogen-bond donors (Lipinski definition) is 0. The molecule has 0 aromatic heterocycles. The molecule has 2 heteroatoms. The van der Waals surface area contributed by atoms with Gasteiger partial charge in [-0.1, -0.05) is 74.0 Å². The Hall–Kier alpha value is -2.45. The van der Waals surface area contributed by atoms with Gasteiger partial charge in [-0.15, -0.1) is 0 Å². The molecule has 0 unspecified atom stereocenters. The molecule has 0 saturated carbocycles. The maximum Gasteiger partial charge on any atom is 0.187 e. The SMILES string of the molecule is CCCCN1C/C(=C/c2ccccc2)C(=O)/C(=C/c2ccccc2)C1. The first-order valence-electron chi connectivity index (χ1n) is 9.04. The lowest BCUT2D eigenvalue weighted by molar-refractivity contribution is -0.113. The van der Waals surface area contributed by atoms with Crippen LogP contribution in [0, 0.1) is 0 Å². The molecule has 0 radical (unpaired) electrons. The highest BCUT2D eigenvalue weighted by Gasteiger charge is 2.25. The van der Waals surface area contributed by atoms with Crippen molar-refractivity contribution in [2.45, 2.75) is 19.8 Å². The van der Waals surface area contributed by atoms with E-state index in [1.54, 1.807) is 0 Å². The monoisotopic (exact) mass is 331 g/mol. The van der Waals surface area contributed by atoms with Crippen LogP contribution in [0.1, 0.15) is 30.9 Å². The molecular formula is C23H25NO. The number of ketones is 1. The van der Waals surface area contributed by atoms with Crippen LogP contribution in [0.15, 0.2) is 71.8 Å². The van der Waals surface area contributed by atoms with Gasteiger partial charge in [-0.25, -0.2) is 0 Å². The van der Waals surface area contributed by atoms with Crippen molar-refractivity contribution in [3.05, 3.63) is 82.9 Å². The van der Waals surface area contributed by atoms with Gasteiger partial charge in [0, 0.05) is 24.2 Å². The number of Topliss-reactive ketones (excluding diaryl/α,β-unsaturated/α-hetero) is 1. The lowest BCUT2D eigenvalue weighted by atomic mass is 9.94. The average Bonchev–Trinajstić information content (AvgIpc) is 2.65. The minimum absolute atomic E-state index is 0.181. The first-order valence-corrected chi connectivity index (χ1v) is 9.04. The third-order valence-electron chi connectivity index (χ3n) is 4.48. The molecule has 1 heterocycles. The summed E-state index contributed by atoms with van der Waals surface area (Å²) < 4.78 is 0. The third-order valence-corrected chi connectivity index (χ3v) is 4.48. The molecule has 1 aliphatic heterocycles.